The van der Waals surface area contributed by atoms with Gasteiger partial charge in [-0.15, -0.1) is 0 Å². The Balaban J connectivity index is 1.59. The second-order valence-electron chi connectivity index (χ2n) is 7.12. The highest BCUT2D eigenvalue weighted by molar-refractivity contribution is 5.81. The summed E-state index contributed by atoms with van der Waals surface area (Å²) in [5, 5.41) is 2.97. The van der Waals surface area contributed by atoms with Crippen molar-refractivity contribution in [1.29, 1.82) is 0 Å². The monoisotopic (exact) mass is 342 g/mol. The Labute approximate surface area is 148 Å². The number of carbonyl (C=O) groups excluding carboxylic acids is 1. The molecular formula is C19H26N4O2. The number of alkyl carbamates (subject to hydrolysis) is 1. The lowest BCUT2D eigenvalue weighted by Crippen LogP contribution is -2.39. The molecule has 2 aromatic rings. The van der Waals surface area contributed by atoms with E-state index in [9.17, 15) is 4.79 Å². The van der Waals surface area contributed by atoms with Crippen LogP contribution in [0.1, 0.15) is 45.1 Å². The summed E-state index contributed by atoms with van der Waals surface area (Å²) >= 11 is 0. The van der Waals surface area contributed by atoms with Gasteiger partial charge in [-0.05, 0) is 69.6 Å². The smallest absolute Gasteiger partial charge is 0.407 e. The molecule has 25 heavy (non-hydrogen) atoms. The second kappa shape index (κ2) is 7.68. The van der Waals surface area contributed by atoms with Gasteiger partial charge in [0.15, 0.2) is 0 Å². The average Bonchev–Trinajstić information content (AvgIpc) is 2.55. The topological polar surface area (TPSA) is 90.1 Å². The van der Waals surface area contributed by atoms with E-state index in [1.807, 2.05) is 26.0 Å². The molecular weight excluding hydrogens is 316 g/mol. The number of nitrogens with two attached hydrogens (primary N) is 1. The van der Waals surface area contributed by atoms with Crippen LogP contribution in [0.5, 0.6) is 0 Å². The number of hydrogen-bond acceptors (Lipinski definition) is 5. The van der Waals surface area contributed by atoms with E-state index in [4.69, 9.17) is 10.5 Å². The van der Waals surface area contributed by atoms with Gasteiger partial charge < -0.3 is 15.8 Å². The maximum absolute atomic E-state index is 11.7. The minimum atomic E-state index is -0.310. The molecule has 1 saturated carbocycles. The van der Waals surface area contributed by atoms with Crippen molar-refractivity contribution in [2.24, 2.45) is 5.92 Å². The number of nitrogens with one attached hydrogen (secondary N) is 1. The minimum absolute atomic E-state index is 0.0886. The van der Waals surface area contributed by atoms with Crippen LogP contribution in [0.3, 0.4) is 0 Å². The third kappa shape index (κ3) is 4.59. The molecule has 0 spiro atoms. The lowest BCUT2D eigenvalue weighted by Gasteiger charge is -2.29. The summed E-state index contributed by atoms with van der Waals surface area (Å²) in [6.07, 6.45) is 8.07. The summed E-state index contributed by atoms with van der Waals surface area (Å²) in [4.78, 5) is 20.6. The van der Waals surface area contributed by atoms with Crippen LogP contribution in [-0.4, -0.2) is 28.2 Å². The summed E-state index contributed by atoms with van der Waals surface area (Å²) in [6, 6.07) is 4.09. The molecule has 6 heteroatoms. The number of amides is 1. The average molecular weight is 342 g/mol. The van der Waals surface area contributed by atoms with Gasteiger partial charge in [-0.1, -0.05) is 0 Å². The molecule has 1 aliphatic carbocycles. The van der Waals surface area contributed by atoms with Crippen LogP contribution in [0.2, 0.25) is 0 Å². The van der Waals surface area contributed by atoms with E-state index >= 15 is 0 Å². The van der Waals surface area contributed by atoms with Crippen LogP contribution in [-0.2, 0) is 11.2 Å². The fraction of sp³-hybridized carbons (Fsp3) is 0.526. The van der Waals surface area contributed by atoms with E-state index in [1.165, 1.54) is 5.56 Å². The minimum Gasteiger partial charge on any atom is -0.447 e. The van der Waals surface area contributed by atoms with E-state index in [2.05, 4.69) is 15.3 Å². The van der Waals surface area contributed by atoms with Gasteiger partial charge >= 0.3 is 6.09 Å². The Morgan fingerprint density at radius 3 is 2.68 bits per heavy atom. The first-order valence-electron chi connectivity index (χ1n) is 8.97. The highest BCUT2D eigenvalue weighted by Crippen LogP contribution is 2.30. The molecule has 0 saturated heterocycles. The Hall–Kier alpha value is -2.37. The third-order valence-electron chi connectivity index (χ3n) is 4.70. The summed E-state index contributed by atoms with van der Waals surface area (Å²) in [7, 11) is 0. The number of carbonyl (C=O) groups is 1. The van der Waals surface area contributed by atoms with Gasteiger partial charge in [0, 0.05) is 24.1 Å². The van der Waals surface area contributed by atoms with Crippen LogP contribution in [0, 0.1) is 5.92 Å². The molecule has 134 valence electrons. The van der Waals surface area contributed by atoms with Crippen molar-refractivity contribution in [3.63, 3.8) is 0 Å². The predicted molar refractivity (Wildman–Crippen MR) is 98.2 cm³/mol. The van der Waals surface area contributed by atoms with Gasteiger partial charge in [-0.2, -0.15) is 0 Å². The van der Waals surface area contributed by atoms with Crippen molar-refractivity contribution >= 4 is 22.8 Å². The lowest BCUT2D eigenvalue weighted by atomic mass is 9.82. The molecule has 1 aromatic heterocycles. The summed E-state index contributed by atoms with van der Waals surface area (Å²) < 4.78 is 5.16. The molecule has 1 aromatic carbocycles. The zero-order valence-electron chi connectivity index (χ0n) is 14.9. The van der Waals surface area contributed by atoms with Gasteiger partial charge in [0.25, 0.3) is 0 Å². The molecule has 0 unspecified atom stereocenters. The van der Waals surface area contributed by atoms with E-state index in [-0.39, 0.29) is 18.2 Å². The molecule has 3 rings (SSSR count). The van der Waals surface area contributed by atoms with Gasteiger partial charge in [0.2, 0.25) is 0 Å². The lowest BCUT2D eigenvalue weighted by molar-refractivity contribution is 0.108. The highest BCUT2D eigenvalue weighted by Gasteiger charge is 2.24. The zero-order chi connectivity index (χ0) is 17.8. The Morgan fingerprint density at radius 2 is 1.96 bits per heavy atom. The quantitative estimate of drug-likeness (QED) is 0.831. The van der Waals surface area contributed by atoms with Crippen molar-refractivity contribution in [2.75, 3.05) is 5.73 Å². The van der Waals surface area contributed by atoms with Crippen molar-refractivity contribution in [1.82, 2.24) is 15.3 Å². The van der Waals surface area contributed by atoms with Crippen molar-refractivity contribution in [2.45, 2.75) is 58.1 Å². The van der Waals surface area contributed by atoms with E-state index in [1.54, 1.807) is 12.4 Å². The van der Waals surface area contributed by atoms with Gasteiger partial charge in [0.05, 0.1) is 17.1 Å². The number of benzene rings is 1. The normalized spacial score (nSPS) is 20.6. The third-order valence-corrected chi connectivity index (χ3v) is 4.70. The molecule has 0 radical (unpaired) electrons. The van der Waals surface area contributed by atoms with Gasteiger partial charge in [-0.25, -0.2) is 4.79 Å². The SMILES string of the molecule is CC(C)OC(=O)NC1CCC(Cc2cc(N)cc3nccnc23)CC1. The summed E-state index contributed by atoms with van der Waals surface area (Å²) in [5.41, 5.74) is 9.71. The van der Waals surface area contributed by atoms with E-state index in [0.717, 1.165) is 48.8 Å². The number of fused-ring (bicyclic) bond motifs is 1. The van der Waals surface area contributed by atoms with Crippen molar-refractivity contribution < 1.29 is 9.53 Å². The number of anilines is 1. The Morgan fingerprint density at radius 1 is 1.24 bits per heavy atom. The van der Waals surface area contributed by atoms with Crippen molar-refractivity contribution in [3.8, 4) is 0 Å². The number of hydrogen-bond donors (Lipinski definition) is 2. The second-order valence-corrected chi connectivity index (χ2v) is 7.12. The van der Waals surface area contributed by atoms with Crippen LogP contribution < -0.4 is 11.1 Å². The Bertz CT molecular complexity index is 739. The highest BCUT2D eigenvalue weighted by atomic mass is 16.6. The maximum atomic E-state index is 11.7. The molecule has 1 aliphatic rings. The van der Waals surface area contributed by atoms with Gasteiger partial charge in [-0.3, -0.25) is 9.97 Å². The molecule has 3 N–H and O–H groups in total. The number of aromatic nitrogens is 2. The molecule has 1 heterocycles. The molecule has 0 bridgehead atoms. The zero-order valence-corrected chi connectivity index (χ0v) is 14.9. The first kappa shape index (κ1) is 17.5. The fourth-order valence-electron chi connectivity index (χ4n) is 3.56. The molecule has 1 amide bonds. The molecule has 0 aliphatic heterocycles. The molecule has 6 nitrogen and oxygen atoms in total. The number of nitrogens with zero attached hydrogens (tertiary/aromatic N) is 2. The van der Waals surface area contributed by atoms with Crippen molar-refractivity contribution in [3.05, 3.63) is 30.1 Å². The standard InChI is InChI=1S/C19H26N4O2/c1-12(2)25-19(24)23-16-5-3-13(4-6-16)9-14-10-15(20)11-17-18(14)22-8-7-21-17/h7-8,10-13,16H,3-6,9,20H2,1-2H3,(H,23,24). The molecule has 0 atom stereocenters. The maximum Gasteiger partial charge on any atom is 0.407 e. The Kier molecular flexibility index (Phi) is 5.36. The van der Waals surface area contributed by atoms with Crippen LogP contribution in [0.15, 0.2) is 24.5 Å². The number of nitrogen functional groups attached to an aromatic ring is 1. The number of rotatable bonds is 4. The summed E-state index contributed by atoms with van der Waals surface area (Å²) in [5.74, 6) is 0.575. The first-order chi connectivity index (χ1) is 12.0. The van der Waals surface area contributed by atoms with Gasteiger partial charge in [0.1, 0.15) is 0 Å². The number of ether oxygens (including phenoxy) is 1. The van der Waals surface area contributed by atoms with Crippen LogP contribution >= 0.6 is 0 Å². The first-order valence-corrected chi connectivity index (χ1v) is 8.97. The largest absolute Gasteiger partial charge is 0.447 e. The van der Waals surface area contributed by atoms with Crippen LogP contribution in [0.25, 0.3) is 11.0 Å². The molecule has 1 fully saturated rings. The fourth-order valence-corrected chi connectivity index (χ4v) is 3.56. The summed E-state index contributed by atoms with van der Waals surface area (Å²) in [6.45, 7) is 3.71. The van der Waals surface area contributed by atoms with Crippen LogP contribution in [0.4, 0.5) is 10.5 Å². The van der Waals surface area contributed by atoms with E-state index in [0.29, 0.717) is 5.92 Å². The van der Waals surface area contributed by atoms with E-state index < -0.39 is 0 Å². The predicted octanol–water partition coefficient (Wildman–Crippen LogP) is 3.45.